The zero-order valence-electron chi connectivity index (χ0n) is 9.43. The fraction of sp³-hybridized carbons (Fsp3) is 0.667. The van der Waals surface area contributed by atoms with Crippen LogP contribution in [0.2, 0.25) is 0 Å². The van der Waals surface area contributed by atoms with Gasteiger partial charge in [-0.05, 0) is 6.08 Å². The molecular formula is C9H7F7O4. The average Bonchev–Trinajstić information content (AvgIpc) is 2.66. The highest BCUT2D eigenvalue weighted by Crippen LogP contribution is 2.48. The van der Waals surface area contributed by atoms with Crippen LogP contribution in [0.1, 0.15) is 0 Å². The lowest BCUT2D eigenvalue weighted by atomic mass is 10.1. The monoisotopic (exact) mass is 312 g/mol. The van der Waals surface area contributed by atoms with Crippen LogP contribution in [0.5, 0.6) is 0 Å². The lowest BCUT2D eigenvalue weighted by Gasteiger charge is -2.33. The summed E-state index contributed by atoms with van der Waals surface area (Å²) in [6.07, 6.45) is -10.1. The van der Waals surface area contributed by atoms with Crippen LogP contribution in [0.25, 0.3) is 0 Å². The molecule has 11 heteroatoms. The van der Waals surface area contributed by atoms with E-state index in [1.807, 2.05) is 0 Å². The number of rotatable bonds is 5. The summed E-state index contributed by atoms with van der Waals surface area (Å²) in [5, 5.41) is 0. The minimum Gasteiger partial charge on any atom is -0.427 e. The Morgan fingerprint density at radius 3 is 2.30 bits per heavy atom. The highest BCUT2D eigenvalue weighted by Gasteiger charge is 2.76. The van der Waals surface area contributed by atoms with Crippen molar-refractivity contribution in [3.63, 3.8) is 0 Å². The quantitative estimate of drug-likeness (QED) is 0.445. The Hall–Kier alpha value is -1.52. The molecule has 20 heavy (non-hydrogen) atoms. The zero-order valence-corrected chi connectivity index (χ0v) is 9.43. The summed E-state index contributed by atoms with van der Waals surface area (Å²) in [7, 11) is 0. The van der Waals surface area contributed by atoms with E-state index in [4.69, 9.17) is 0 Å². The molecule has 0 aromatic carbocycles. The van der Waals surface area contributed by atoms with E-state index in [1.54, 1.807) is 0 Å². The molecule has 1 heterocycles. The van der Waals surface area contributed by atoms with E-state index in [0.29, 0.717) is 6.08 Å². The van der Waals surface area contributed by atoms with Crippen LogP contribution in [0.4, 0.5) is 35.5 Å². The molecule has 0 radical (unpaired) electrons. The lowest BCUT2D eigenvalue weighted by molar-refractivity contribution is -0.391. The third kappa shape index (κ3) is 3.14. The SMILES string of the molecule is O=C1OCC(OC/C=C\C(F)F)(C(F)(F)C(F)(F)F)O1. The Morgan fingerprint density at radius 1 is 1.30 bits per heavy atom. The van der Waals surface area contributed by atoms with Gasteiger partial charge in [0, 0.05) is 0 Å². The summed E-state index contributed by atoms with van der Waals surface area (Å²) in [5.74, 6) is -9.32. The molecule has 0 saturated carbocycles. The zero-order chi connectivity index (χ0) is 15.6. The molecule has 0 aromatic heterocycles. The molecule has 0 spiro atoms. The van der Waals surface area contributed by atoms with Gasteiger partial charge in [0.25, 0.3) is 6.43 Å². The number of alkyl halides is 7. The predicted octanol–water partition coefficient (Wildman–Crippen LogP) is 2.89. The summed E-state index contributed by atoms with van der Waals surface area (Å²) < 4.78 is 98.7. The number of hydrogen-bond acceptors (Lipinski definition) is 4. The van der Waals surface area contributed by atoms with Crippen molar-refractivity contribution in [2.24, 2.45) is 0 Å². The maximum Gasteiger partial charge on any atom is 0.511 e. The van der Waals surface area contributed by atoms with E-state index in [0.717, 1.165) is 0 Å². The summed E-state index contributed by atoms with van der Waals surface area (Å²) in [6.45, 7) is -2.59. The first-order chi connectivity index (χ1) is 9.02. The number of allylic oxidation sites excluding steroid dienone is 1. The van der Waals surface area contributed by atoms with Crippen molar-refractivity contribution in [1.82, 2.24) is 0 Å². The van der Waals surface area contributed by atoms with Gasteiger partial charge in [0.15, 0.2) is 6.61 Å². The summed E-state index contributed by atoms with van der Waals surface area (Å²) in [4.78, 5) is 10.6. The van der Waals surface area contributed by atoms with Crippen LogP contribution in [0.15, 0.2) is 12.2 Å². The molecule has 0 bridgehead atoms. The first kappa shape index (κ1) is 16.5. The number of cyclic esters (lactones) is 2. The van der Waals surface area contributed by atoms with Crippen molar-refractivity contribution in [3.8, 4) is 0 Å². The van der Waals surface area contributed by atoms with E-state index >= 15 is 0 Å². The number of ether oxygens (including phenoxy) is 3. The first-order valence-electron chi connectivity index (χ1n) is 4.91. The molecule has 1 atom stereocenters. The van der Waals surface area contributed by atoms with Crippen LogP contribution >= 0.6 is 0 Å². The number of halogens is 7. The Kier molecular flexibility index (Phi) is 4.52. The largest absolute Gasteiger partial charge is 0.511 e. The highest BCUT2D eigenvalue weighted by molar-refractivity contribution is 5.62. The van der Waals surface area contributed by atoms with E-state index < -0.39 is 43.7 Å². The topological polar surface area (TPSA) is 44.8 Å². The van der Waals surface area contributed by atoms with E-state index in [9.17, 15) is 35.5 Å². The van der Waals surface area contributed by atoms with E-state index in [1.165, 1.54) is 0 Å². The lowest BCUT2D eigenvalue weighted by Crippen LogP contribution is -2.60. The maximum atomic E-state index is 13.3. The maximum absolute atomic E-state index is 13.3. The molecule has 0 N–H and O–H groups in total. The molecule has 1 fully saturated rings. The van der Waals surface area contributed by atoms with Gasteiger partial charge in [0.1, 0.15) is 0 Å². The second kappa shape index (κ2) is 5.46. The third-order valence-corrected chi connectivity index (χ3v) is 2.16. The average molecular weight is 312 g/mol. The minimum absolute atomic E-state index is 0.205. The minimum atomic E-state index is -6.09. The van der Waals surface area contributed by atoms with Crippen LogP contribution < -0.4 is 0 Å². The molecule has 1 saturated heterocycles. The molecule has 0 aromatic rings. The molecule has 1 rings (SSSR count). The molecular weight excluding hydrogens is 305 g/mol. The van der Waals surface area contributed by atoms with Crippen molar-refractivity contribution >= 4 is 6.16 Å². The van der Waals surface area contributed by atoms with Gasteiger partial charge in [-0.1, -0.05) is 6.08 Å². The van der Waals surface area contributed by atoms with Crippen LogP contribution in [0.3, 0.4) is 0 Å². The fourth-order valence-electron chi connectivity index (χ4n) is 1.22. The Balaban J connectivity index is 2.91. The molecule has 116 valence electrons. The second-order valence-corrected chi connectivity index (χ2v) is 3.54. The second-order valence-electron chi connectivity index (χ2n) is 3.54. The summed E-state index contributed by atoms with van der Waals surface area (Å²) in [5.41, 5.74) is 0. The Labute approximate surface area is 107 Å². The van der Waals surface area contributed by atoms with Gasteiger partial charge in [-0.15, -0.1) is 0 Å². The van der Waals surface area contributed by atoms with Crippen molar-refractivity contribution in [1.29, 1.82) is 0 Å². The van der Waals surface area contributed by atoms with Crippen molar-refractivity contribution in [2.75, 3.05) is 13.2 Å². The van der Waals surface area contributed by atoms with Gasteiger partial charge in [0.05, 0.1) is 6.61 Å². The Bertz CT molecular complexity index is 392. The van der Waals surface area contributed by atoms with Crippen molar-refractivity contribution in [3.05, 3.63) is 12.2 Å². The van der Waals surface area contributed by atoms with Gasteiger partial charge >= 0.3 is 24.0 Å². The molecule has 1 aliphatic heterocycles. The van der Waals surface area contributed by atoms with Crippen LogP contribution in [-0.2, 0) is 14.2 Å². The summed E-state index contributed by atoms with van der Waals surface area (Å²) in [6, 6.07) is 0. The van der Waals surface area contributed by atoms with Gasteiger partial charge in [-0.3, -0.25) is 0 Å². The fourth-order valence-corrected chi connectivity index (χ4v) is 1.22. The normalized spacial score (nSPS) is 24.3. The molecule has 1 aliphatic rings. The van der Waals surface area contributed by atoms with Gasteiger partial charge in [-0.25, -0.2) is 13.6 Å². The van der Waals surface area contributed by atoms with Gasteiger partial charge < -0.3 is 14.2 Å². The molecule has 0 aliphatic carbocycles. The van der Waals surface area contributed by atoms with E-state index in [2.05, 4.69) is 14.2 Å². The number of carbonyl (C=O) groups is 1. The van der Waals surface area contributed by atoms with Crippen molar-refractivity contribution in [2.45, 2.75) is 24.3 Å². The molecule has 4 nitrogen and oxygen atoms in total. The smallest absolute Gasteiger partial charge is 0.427 e. The van der Waals surface area contributed by atoms with Crippen LogP contribution in [-0.4, -0.2) is 43.7 Å². The van der Waals surface area contributed by atoms with Crippen LogP contribution in [0, 0.1) is 0 Å². The van der Waals surface area contributed by atoms with Gasteiger partial charge in [0.2, 0.25) is 0 Å². The van der Waals surface area contributed by atoms with Gasteiger partial charge in [-0.2, -0.15) is 22.0 Å². The number of hydrogen-bond donors (Lipinski definition) is 0. The number of carbonyl (C=O) groups excluding carboxylic acids is 1. The first-order valence-corrected chi connectivity index (χ1v) is 4.91. The van der Waals surface area contributed by atoms with E-state index in [-0.39, 0.29) is 6.08 Å². The molecule has 0 amide bonds. The highest BCUT2D eigenvalue weighted by atomic mass is 19.4. The summed E-state index contributed by atoms with van der Waals surface area (Å²) >= 11 is 0. The Morgan fingerprint density at radius 2 is 1.90 bits per heavy atom. The third-order valence-electron chi connectivity index (χ3n) is 2.16. The predicted molar refractivity (Wildman–Crippen MR) is 47.3 cm³/mol. The standard InChI is InChI=1S/C9H7F7O4/c10-5(11)2-1-3-19-7(4-18-6(17)20-7)8(12,13)9(14,15)16/h1-2,5H,3-4H2/b2-1-. The molecule has 1 unspecified atom stereocenters. The van der Waals surface area contributed by atoms with Crippen molar-refractivity contribution < 1.29 is 49.7 Å².